The molecule has 4 nitrogen and oxygen atoms in total. The second-order valence-corrected chi connectivity index (χ2v) is 5.44. The Morgan fingerprint density at radius 3 is 2.50 bits per heavy atom. The lowest BCUT2D eigenvalue weighted by Crippen LogP contribution is -2.41. The quantitative estimate of drug-likeness (QED) is 0.769. The average molecular weight is 228 g/mol. The summed E-state index contributed by atoms with van der Waals surface area (Å²) in [5.41, 5.74) is 0.103. The maximum atomic E-state index is 11.9. The summed E-state index contributed by atoms with van der Waals surface area (Å²) >= 11 is 0. The smallest absolute Gasteiger partial charge is 0.240 e. The van der Waals surface area contributed by atoms with E-state index < -0.39 is 0 Å². The van der Waals surface area contributed by atoms with Crippen molar-refractivity contribution in [2.24, 2.45) is 5.41 Å². The predicted molar refractivity (Wildman–Crippen MR) is 64.0 cm³/mol. The Bertz CT molecular complexity index is 253. The van der Waals surface area contributed by atoms with Crippen molar-refractivity contribution in [3.63, 3.8) is 0 Å². The van der Waals surface area contributed by atoms with Crippen molar-refractivity contribution < 1.29 is 9.53 Å². The molecule has 16 heavy (non-hydrogen) atoms. The molecule has 1 heterocycles. The highest BCUT2D eigenvalue weighted by Gasteiger charge is 2.36. The van der Waals surface area contributed by atoms with Crippen molar-refractivity contribution in [3.05, 3.63) is 0 Å². The largest absolute Gasteiger partial charge is 0.385 e. The molecule has 4 heteroatoms. The van der Waals surface area contributed by atoms with Gasteiger partial charge in [-0.3, -0.25) is 10.1 Å². The third-order valence-corrected chi connectivity index (χ3v) is 3.19. The first-order chi connectivity index (χ1) is 7.37. The number of carbonyl (C=O) groups is 1. The summed E-state index contributed by atoms with van der Waals surface area (Å²) < 4.78 is 5.10. The van der Waals surface area contributed by atoms with E-state index >= 15 is 0 Å². The summed E-state index contributed by atoms with van der Waals surface area (Å²) in [6.45, 7) is 9.83. The molecular formula is C12H24N2O2. The van der Waals surface area contributed by atoms with Gasteiger partial charge in [-0.05, 0) is 25.7 Å². The van der Waals surface area contributed by atoms with Gasteiger partial charge in [0.05, 0.1) is 12.2 Å². The Hall–Kier alpha value is -0.610. The van der Waals surface area contributed by atoms with Gasteiger partial charge in [-0.15, -0.1) is 0 Å². The van der Waals surface area contributed by atoms with Gasteiger partial charge in [-0.25, -0.2) is 0 Å². The van der Waals surface area contributed by atoms with E-state index in [4.69, 9.17) is 4.74 Å². The summed E-state index contributed by atoms with van der Waals surface area (Å²) in [5.74, 6) is 0.206. The molecular weight excluding hydrogens is 204 g/mol. The van der Waals surface area contributed by atoms with E-state index in [0.717, 1.165) is 19.6 Å². The lowest BCUT2D eigenvalue weighted by molar-refractivity contribution is -0.131. The second kappa shape index (κ2) is 5.15. The van der Waals surface area contributed by atoms with Gasteiger partial charge in [0, 0.05) is 20.3 Å². The number of methoxy groups -OCH3 is 1. The molecule has 1 fully saturated rings. The molecule has 0 aliphatic carbocycles. The maximum absolute atomic E-state index is 11.9. The normalized spacial score (nSPS) is 26.6. The number of carbonyl (C=O) groups excluding carboxylic acids is 1. The average Bonchev–Trinajstić information content (AvgIpc) is 2.42. The molecule has 1 aliphatic rings. The van der Waals surface area contributed by atoms with E-state index in [0.29, 0.717) is 0 Å². The van der Waals surface area contributed by atoms with Crippen molar-refractivity contribution in [1.29, 1.82) is 0 Å². The fraction of sp³-hybridized carbons (Fsp3) is 0.917. The molecule has 0 aromatic heterocycles. The first kappa shape index (κ1) is 13.5. The zero-order valence-corrected chi connectivity index (χ0v) is 11.0. The predicted octanol–water partition coefficient (Wildman–Crippen LogP) is 1.22. The first-order valence-corrected chi connectivity index (χ1v) is 5.93. The van der Waals surface area contributed by atoms with Crippen LogP contribution in [0.15, 0.2) is 0 Å². The van der Waals surface area contributed by atoms with Crippen LogP contribution in [0.4, 0.5) is 0 Å². The molecule has 2 unspecified atom stereocenters. The number of ether oxygens (including phenoxy) is 1. The van der Waals surface area contributed by atoms with E-state index in [1.165, 1.54) is 0 Å². The summed E-state index contributed by atoms with van der Waals surface area (Å²) in [6, 6.07) is -0.0479. The molecule has 0 aromatic carbocycles. The Morgan fingerprint density at radius 2 is 2.06 bits per heavy atom. The van der Waals surface area contributed by atoms with Gasteiger partial charge >= 0.3 is 0 Å². The molecule has 1 N–H and O–H groups in total. The Morgan fingerprint density at radius 1 is 1.44 bits per heavy atom. The number of rotatable bonds is 5. The van der Waals surface area contributed by atoms with E-state index in [9.17, 15) is 4.79 Å². The van der Waals surface area contributed by atoms with Crippen LogP contribution in [0.2, 0.25) is 0 Å². The van der Waals surface area contributed by atoms with Crippen molar-refractivity contribution in [2.75, 3.05) is 20.3 Å². The van der Waals surface area contributed by atoms with Gasteiger partial charge in [0.25, 0.3) is 0 Å². The minimum Gasteiger partial charge on any atom is -0.385 e. The molecule has 1 rings (SSSR count). The first-order valence-electron chi connectivity index (χ1n) is 5.93. The molecule has 2 atom stereocenters. The standard InChI is InChI=1S/C12H24N2O2/c1-9-11(15)14(10(2)13-9)8-12(3,4)6-7-16-5/h9-10,13H,6-8H2,1-5H3. The van der Waals surface area contributed by atoms with E-state index in [2.05, 4.69) is 19.2 Å². The number of hydrogen-bond donors (Lipinski definition) is 1. The topological polar surface area (TPSA) is 41.6 Å². The van der Waals surface area contributed by atoms with Crippen molar-refractivity contribution in [1.82, 2.24) is 10.2 Å². The van der Waals surface area contributed by atoms with Crippen molar-refractivity contribution in [2.45, 2.75) is 46.3 Å². The molecule has 0 aromatic rings. The van der Waals surface area contributed by atoms with Crippen LogP contribution >= 0.6 is 0 Å². The summed E-state index contributed by atoms with van der Waals surface area (Å²) in [7, 11) is 1.71. The lowest BCUT2D eigenvalue weighted by atomic mass is 9.89. The van der Waals surface area contributed by atoms with Gasteiger partial charge in [0.2, 0.25) is 5.91 Å². The number of amides is 1. The zero-order chi connectivity index (χ0) is 12.3. The molecule has 94 valence electrons. The van der Waals surface area contributed by atoms with Crippen LogP contribution < -0.4 is 5.32 Å². The van der Waals surface area contributed by atoms with Gasteiger partial charge in [-0.2, -0.15) is 0 Å². The van der Waals surface area contributed by atoms with Crippen LogP contribution in [-0.4, -0.2) is 43.3 Å². The van der Waals surface area contributed by atoms with Gasteiger partial charge in [0.1, 0.15) is 0 Å². The third kappa shape index (κ3) is 3.19. The van der Waals surface area contributed by atoms with Crippen molar-refractivity contribution >= 4 is 5.91 Å². The highest BCUT2D eigenvalue weighted by atomic mass is 16.5. The lowest BCUT2D eigenvalue weighted by Gasteiger charge is -2.32. The van der Waals surface area contributed by atoms with Crippen LogP contribution in [0.25, 0.3) is 0 Å². The van der Waals surface area contributed by atoms with E-state index in [-0.39, 0.29) is 23.5 Å². The highest BCUT2D eigenvalue weighted by molar-refractivity contribution is 5.83. The molecule has 0 spiro atoms. The summed E-state index contributed by atoms with van der Waals surface area (Å²) in [5, 5.41) is 3.24. The minimum absolute atomic E-state index is 0.0479. The summed E-state index contributed by atoms with van der Waals surface area (Å²) in [6.07, 6.45) is 1.11. The number of hydrogen-bond acceptors (Lipinski definition) is 3. The molecule has 1 saturated heterocycles. The molecule has 0 bridgehead atoms. The fourth-order valence-corrected chi connectivity index (χ4v) is 2.10. The Kier molecular flexibility index (Phi) is 4.33. The Balaban J connectivity index is 2.55. The highest BCUT2D eigenvalue weighted by Crippen LogP contribution is 2.24. The Labute approximate surface area is 98.3 Å². The monoisotopic (exact) mass is 228 g/mol. The zero-order valence-electron chi connectivity index (χ0n) is 11.0. The van der Waals surface area contributed by atoms with E-state index in [1.807, 2.05) is 18.7 Å². The van der Waals surface area contributed by atoms with Crippen LogP contribution in [0.3, 0.4) is 0 Å². The van der Waals surface area contributed by atoms with Crippen molar-refractivity contribution in [3.8, 4) is 0 Å². The van der Waals surface area contributed by atoms with Gasteiger partial charge in [0.15, 0.2) is 0 Å². The molecule has 1 aliphatic heterocycles. The molecule has 0 radical (unpaired) electrons. The second-order valence-electron chi connectivity index (χ2n) is 5.44. The van der Waals surface area contributed by atoms with Crippen LogP contribution in [0.5, 0.6) is 0 Å². The number of nitrogens with one attached hydrogen (secondary N) is 1. The number of nitrogens with zero attached hydrogens (tertiary/aromatic N) is 1. The molecule has 1 amide bonds. The van der Waals surface area contributed by atoms with Crippen LogP contribution in [0, 0.1) is 5.41 Å². The SMILES string of the molecule is COCCC(C)(C)CN1C(=O)C(C)NC1C. The van der Waals surface area contributed by atoms with Crippen LogP contribution in [0.1, 0.15) is 34.1 Å². The van der Waals surface area contributed by atoms with Gasteiger partial charge < -0.3 is 9.64 Å². The minimum atomic E-state index is -0.0479. The third-order valence-electron chi connectivity index (χ3n) is 3.19. The molecule has 0 saturated carbocycles. The fourth-order valence-electron chi connectivity index (χ4n) is 2.10. The summed E-state index contributed by atoms with van der Waals surface area (Å²) in [4.78, 5) is 13.8. The van der Waals surface area contributed by atoms with Gasteiger partial charge in [-0.1, -0.05) is 13.8 Å². The maximum Gasteiger partial charge on any atom is 0.240 e. The van der Waals surface area contributed by atoms with E-state index in [1.54, 1.807) is 7.11 Å². The van der Waals surface area contributed by atoms with Crippen LogP contribution in [-0.2, 0) is 9.53 Å².